The third-order valence-electron chi connectivity index (χ3n) is 4.99. The Morgan fingerprint density at radius 2 is 2.19 bits per heavy atom. The van der Waals surface area contributed by atoms with E-state index in [1.165, 1.54) is 0 Å². The second kappa shape index (κ2) is 8.79. The van der Waals surface area contributed by atoms with Crippen molar-refractivity contribution in [2.75, 3.05) is 18.9 Å². The highest BCUT2D eigenvalue weighted by Crippen LogP contribution is 2.57. The number of ether oxygens (including phenoxy) is 1. The van der Waals surface area contributed by atoms with E-state index in [9.17, 15) is 23.2 Å². The Labute approximate surface area is 185 Å². The summed E-state index contributed by atoms with van der Waals surface area (Å²) in [5.74, 6) is -4.03. The molecule has 2 fully saturated rings. The number of benzene rings is 1. The number of nitrogen functional groups attached to an aromatic ring is 1. The maximum Gasteiger partial charge on any atom is 0.475 e. The van der Waals surface area contributed by atoms with E-state index < -0.39 is 50.6 Å². The number of rotatable bonds is 5. The molecular formula is C18H19ClF2N3O7P. The zero-order valence-corrected chi connectivity index (χ0v) is 18.0. The number of halogens is 3. The summed E-state index contributed by atoms with van der Waals surface area (Å²) in [7, 11) is -4.16. The number of aliphatic hydroxyl groups is 1. The molecule has 1 aromatic heterocycles. The van der Waals surface area contributed by atoms with Gasteiger partial charge >= 0.3 is 19.4 Å². The van der Waals surface area contributed by atoms with Crippen LogP contribution in [-0.4, -0.2) is 46.0 Å². The minimum atomic E-state index is -4.16. The Bertz CT molecular complexity index is 1100. The lowest BCUT2D eigenvalue weighted by Gasteiger charge is -2.29. The first-order valence-electron chi connectivity index (χ1n) is 9.48. The predicted octanol–water partition coefficient (Wildman–Crippen LogP) is 2.68. The summed E-state index contributed by atoms with van der Waals surface area (Å²) in [6, 6.07) is 7.85. The van der Waals surface area contributed by atoms with E-state index in [4.69, 9.17) is 35.6 Å². The molecule has 5 atom stereocenters. The molecule has 2 aromatic rings. The van der Waals surface area contributed by atoms with Crippen molar-refractivity contribution in [3.05, 3.63) is 57.6 Å². The maximum absolute atomic E-state index is 14.6. The number of nitrogens with zero attached hydrogens (tertiary/aromatic N) is 2. The lowest BCUT2D eigenvalue weighted by Crippen LogP contribution is -2.42. The van der Waals surface area contributed by atoms with Gasteiger partial charge in [0, 0.05) is 17.6 Å². The van der Waals surface area contributed by atoms with Crippen molar-refractivity contribution < 1.29 is 36.8 Å². The fourth-order valence-corrected chi connectivity index (χ4v) is 4.98. The van der Waals surface area contributed by atoms with Crippen molar-refractivity contribution in [1.82, 2.24) is 9.55 Å². The summed E-state index contributed by atoms with van der Waals surface area (Å²) in [5, 5.41) is 10.5. The molecular weight excluding hydrogens is 475 g/mol. The smallest absolute Gasteiger partial charge is 0.384 e. The van der Waals surface area contributed by atoms with Crippen LogP contribution in [0.4, 0.5) is 14.6 Å². The molecule has 0 unspecified atom stereocenters. The lowest BCUT2D eigenvalue weighted by molar-refractivity contribution is -0.140. The average Bonchev–Trinajstić information content (AvgIpc) is 2.96. The Balaban J connectivity index is 1.46. The third kappa shape index (κ3) is 4.58. The number of alkyl halides is 2. The second-order valence-corrected chi connectivity index (χ2v) is 9.26. The molecule has 2 saturated heterocycles. The Morgan fingerprint density at radius 3 is 2.91 bits per heavy atom. The summed E-state index contributed by atoms with van der Waals surface area (Å²) < 4.78 is 63.5. The maximum atomic E-state index is 14.6. The molecule has 0 bridgehead atoms. The molecule has 0 radical (unpaired) electrons. The zero-order chi connectivity index (χ0) is 23.1. The number of phosphoric acid groups is 1. The molecule has 32 heavy (non-hydrogen) atoms. The van der Waals surface area contributed by atoms with E-state index in [0.29, 0.717) is 21.6 Å². The number of phosphoric ester groups is 1. The number of nitrogens with two attached hydrogens (primary N) is 1. The van der Waals surface area contributed by atoms with Gasteiger partial charge in [0.15, 0.2) is 6.10 Å². The Hall–Kier alpha value is -1.92. The van der Waals surface area contributed by atoms with Gasteiger partial charge in [0.1, 0.15) is 11.9 Å². The molecule has 3 heterocycles. The second-order valence-electron chi connectivity index (χ2n) is 7.20. The topological polar surface area (TPSA) is 135 Å². The van der Waals surface area contributed by atoms with Crippen molar-refractivity contribution >= 4 is 25.2 Å². The van der Waals surface area contributed by atoms with E-state index in [2.05, 4.69) is 4.98 Å². The highest BCUT2D eigenvalue weighted by molar-refractivity contribution is 7.48. The summed E-state index contributed by atoms with van der Waals surface area (Å²) in [5.41, 5.74) is 4.92. The van der Waals surface area contributed by atoms with Gasteiger partial charge in [-0.05, 0) is 23.8 Å². The van der Waals surface area contributed by atoms with Crippen LogP contribution in [0.5, 0.6) is 0 Å². The van der Waals surface area contributed by atoms with Gasteiger partial charge in [0.05, 0.1) is 19.3 Å². The zero-order valence-electron chi connectivity index (χ0n) is 16.3. The van der Waals surface area contributed by atoms with Gasteiger partial charge in [-0.2, -0.15) is 13.8 Å². The van der Waals surface area contributed by atoms with Crippen molar-refractivity contribution in [1.29, 1.82) is 0 Å². The van der Waals surface area contributed by atoms with Crippen LogP contribution in [0.15, 0.2) is 41.3 Å². The summed E-state index contributed by atoms with van der Waals surface area (Å²) in [6.45, 7) is -0.724. The van der Waals surface area contributed by atoms with Crippen LogP contribution < -0.4 is 11.4 Å². The first-order chi connectivity index (χ1) is 15.1. The highest BCUT2D eigenvalue weighted by Gasteiger charge is 2.60. The van der Waals surface area contributed by atoms with Crippen LogP contribution in [0.3, 0.4) is 0 Å². The normalized spacial score (nSPS) is 32.1. The van der Waals surface area contributed by atoms with E-state index >= 15 is 0 Å². The first-order valence-corrected chi connectivity index (χ1v) is 11.3. The van der Waals surface area contributed by atoms with Crippen molar-refractivity contribution in [3.63, 3.8) is 0 Å². The minimum Gasteiger partial charge on any atom is -0.384 e. The van der Waals surface area contributed by atoms with Gasteiger partial charge in [0.25, 0.3) is 0 Å². The summed E-state index contributed by atoms with van der Waals surface area (Å²) >= 11 is 5.97. The monoisotopic (exact) mass is 493 g/mol. The van der Waals surface area contributed by atoms with Crippen LogP contribution in [0.25, 0.3) is 0 Å². The molecule has 0 aliphatic carbocycles. The third-order valence-corrected chi connectivity index (χ3v) is 6.70. The molecule has 0 amide bonds. The largest absolute Gasteiger partial charge is 0.475 e. The number of hydrogen-bond acceptors (Lipinski definition) is 9. The fourth-order valence-electron chi connectivity index (χ4n) is 3.39. The molecule has 10 nitrogen and oxygen atoms in total. The van der Waals surface area contributed by atoms with Crippen LogP contribution in [0.1, 0.15) is 24.3 Å². The van der Waals surface area contributed by atoms with Crippen molar-refractivity contribution in [2.24, 2.45) is 0 Å². The fraction of sp³-hybridized carbons (Fsp3) is 0.444. The van der Waals surface area contributed by atoms with Gasteiger partial charge in [-0.3, -0.25) is 18.1 Å². The minimum absolute atomic E-state index is 0.0216. The summed E-state index contributed by atoms with van der Waals surface area (Å²) in [4.78, 5) is 15.3. The van der Waals surface area contributed by atoms with Crippen molar-refractivity contribution in [2.45, 2.75) is 36.9 Å². The molecule has 3 N–H and O–H groups in total. The van der Waals surface area contributed by atoms with Crippen LogP contribution in [0, 0.1) is 0 Å². The van der Waals surface area contributed by atoms with E-state index in [0.717, 1.165) is 12.3 Å². The Kier molecular flexibility index (Phi) is 6.38. The lowest BCUT2D eigenvalue weighted by atomic mass is 10.1. The highest BCUT2D eigenvalue weighted by atomic mass is 35.5. The van der Waals surface area contributed by atoms with Crippen LogP contribution in [0.2, 0.25) is 5.02 Å². The van der Waals surface area contributed by atoms with Gasteiger partial charge in [-0.15, -0.1) is 0 Å². The van der Waals surface area contributed by atoms with Crippen molar-refractivity contribution in [3.8, 4) is 0 Å². The van der Waals surface area contributed by atoms with Crippen LogP contribution >= 0.6 is 19.4 Å². The average molecular weight is 494 g/mol. The SMILES string of the molecule is Nc1ccn([C@@H]2O[C@H](CO[P@]3(=O)OCC[C@H](c4cccc(Cl)c4)O3)[C@@H](O)C2(F)F)c(=O)n1. The number of anilines is 1. The molecule has 14 heteroatoms. The van der Waals surface area contributed by atoms with E-state index in [1.54, 1.807) is 24.3 Å². The molecule has 4 rings (SSSR count). The molecule has 0 saturated carbocycles. The molecule has 174 valence electrons. The molecule has 1 aromatic carbocycles. The van der Waals surface area contributed by atoms with Gasteiger partial charge in [-0.1, -0.05) is 23.7 Å². The van der Waals surface area contributed by atoms with Gasteiger partial charge in [0.2, 0.25) is 6.23 Å². The Morgan fingerprint density at radius 1 is 1.41 bits per heavy atom. The predicted molar refractivity (Wildman–Crippen MR) is 107 cm³/mol. The van der Waals surface area contributed by atoms with E-state index in [1.807, 2.05) is 0 Å². The molecule has 2 aliphatic heterocycles. The summed E-state index contributed by atoms with van der Waals surface area (Å²) in [6.07, 6.45) is -5.48. The molecule has 0 spiro atoms. The quantitative estimate of drug-likeness (QED) is 0.602. The number of hydrogen-bond donors (Lipinski definition) is 2. The van der Waals surface area contributed by atoms with Gasteiger partial charge in [-0.25, -0.2) is 9.36 Å². The van der Waals surface area contributed by atoms with Crippen LogP contribution in [-0.2, 0) is 22.9 Å². The number of aliphatic hydroxyl groups excluding tert-OH is 1. The van der Waals surface area contributed by atoms with E-state index in [-0.39, 0.29) is 12.4 Å². The number of aromatic nitrogens is 2. The standard InChI is InChI=1S/C18H19ClF2N3O7P/c19-11-3-1-2-10(8-11)12-5-7-28-32(27,31-12)29-9-13-15(25)18(20,21)16(30-13)24-6-4-14(22)23-17(24)26/h1-4,6,8,12-13,15-16,25H,5,7,9H2,(H2,22,23,26)/t12-,13-,15-,16-,32+/m1/s1. The first kappa shape index (κ1) is 23.2. The molecule has 2 aliphatic rings. The van der Waals surface area contributed by atoms with Gasteiger partial charge < -0.3 is 15.6 Å².